The summed E-state index contributed by atoms with van der Waals surface area (Å²) in [7, 11) is 0. The molecule has 0 aromatic heterocycles. The van der Waals surface area contributed by atoms with Crippen molar-refractivity contribution >= 4 is 24.8 Å². The Labute approximate surface area is 331 Å². The van der Waals surface area contributed by atoms with Crippen molar-refractivity contribution in [1.29, 1.82) is 0 Å². The van der Waals surface area contributed by atoms with E-state index in [2.05, 4.69) is 159 Å². The first-order chi connectivity index (χ1) is 22.9. The molecule has 0 N–H and O–H groups in total. The number of halogens is 2. The van der Waals surface area contributed by atoms with Crippen LogP contribution >= 0.6 is 0 Å². The first-order valence-electron chi connectivity index (χ1n) is 18.0. The van der Waals surface area contributed by atoms with Gasteiger partial charge in [-0.05, 0) is 10.8 Å². The second-order valence-electron chi connectivity index (χ2n) is 15.2. The van der Waals surface area contributed by atoms with Gasteiger partial charge in [0.15, 0.2) is 0 Å². The summed E-state index contributed by atoms with van der Waals surface area (Å²) >= 11 is 1.48. The molecule has 1 aliphatic carbocycles. The Morgan fingerprint density at radius 2 is 1.06 bits per heavy atom. The summed E-state index contributed by atoms with van der Waals surface area (Å²) in [5, 5.41) is 5.49. The van der Waals surface area contributed by atoms with Crippen LogP contribution in [0.25, 0.3) is 21.5 Å². The molecule has 264 valence electrons. The number of allylic oxidation sites excluding steroid dienone is 4. The quantitative estimate of drug-likeness (QED) is 0.148. The topological polar surface area (TPSA) is 0 Å². The van der Waals surface area contributed by atoms with E-state index >= 15 is 0 Å². The minimum Gasteiger partial charge on any atom is -1.00 e. The SMILES string of the molecule is CC(C)(C)c1ccc2[cH-]c3ccc(C(C)(C)C)cc3c2c1.CCCCc1ccc([C](=[Zr+2])c2ccc(CCCC)cc2)cc1.[C-]1=CC=CC1.[Cl-].[Cl-]. The summed E-state index contributed by atoms with van der Waals surface area (Å²) < 4.78 is 1.45. The van der Waals surface area contributed by atoms with Gasteiger partial charge in [0.25, 0.3) is 0 Å². The van der Waals surface area contributed by atoms with Gasteiger partial charge < -0.3 is 24.8 Å². The minimum atomic E-state index is 0. The van der Waals surface area contributed by atoms with Crippen molar-refractivity contribution in [3.63, 3.8) is 0 Å². The normalized spacial score (nSPS) is 12.0. The van der Waals surface area contributed by atoms with Crippen LogP contribution in [0.2, 0.25) is 0 Å². The number of hydrogen-bond acceptors (Lipinski definition) is 0. The number of aryl methyl sites for hydroxylation is 2. The summed E-state index contributed by atoms with van der Waals surface area (Å²) in [5.41, 5.74) is 8.87. The smallest absolute Gasteiger partial charge is 0.109 e. The van der Waals surface area contributed by atoms with Gasteiger partial charge in [-0.15, -0.1) is 46.2 Å². The third kappa shape index (κ3) is 12.7. The maximum absolute atomic E-state index is 2.99. The number of fused-ring (bicyclic) bond motifs is 3. The predicted molar refractivity (Wildman–Crippen MR) is 209 cm³/mol. The molecule has 0 bridgehead atoms. The van der Waals surface area contributed by atoms with Crippen molar-refractivity contribution in [2.75, 3.05) is 0 Å². The molecule has 0 unspecified atom stereocenters. The van der Waals surface area contributed by atoms with Gasteiger partial charge in [0.2, 0.25) is 0 Å². The summed E-state index contributed by atoms with van der Waals surface area (Å²) in [4.78, 5) is 0. The van der Waals surface area contributed by atoms with Crippen molar-refractivity contribution in [3.05, 3.63) is 149 Å². The fraction of sp³-hybridized carbons (Fsp3) is 0.362. The molecule has 0 aliphatic heterocycles. The van der Waals surface area contributed by atoms with Crippen LogP contribution < -0.4 is 24.8 Å². The van der Waals surface area contributed by atoms with Gasteiger partial charge >= 0.3 is 151 Å². The molecule has 0 fully saturated rings. The van der Waals surface area contributed by atoms with E-state index in [1.165, 1.54) is 121 Å². The van der Waals surface area contributed by atoms with Gasteiger partial charge in [-0.1, -0.05) is 76.9 Å². The van der Waals surface area contributed by atoms with Crippen molar-refractivity contribution in [1.82, 2.24) is 0 Å². The van der Waals surface area contributed by atoms with Crippen LogP contribution in [0, 0.1) is 6.08 Å². The molecule has 0 heterocycles. The first-order valence-corrected chi connectivity index (χ1v) is 19.3. The molecular formula is C47H56Cl2Zr-2. The molecule has 1 aliphatic rings. The van der Waals surface area contributed by atoms with Crippen LogP contribution in [0.15, 0.2) is 109 Å². The van der Waals surface area contributed by atoms with Crippen LogP contribution in [0.1, 0.15) is 121 Å². The van der Waals surface area contributed by atoms with Gasteiger partial charge in [0.1, 0.15) is 0 Å². The van der Waals surface area contributed by atoms with E-state index in [4.69, 9.17) is 0 Å². The average molecular weight is 783 g/mol. The monoisotopic (exact) mass is 780 g/mol. The molecule has 0 radical (unpaired) electrons. The third-order valence-electron chi connectivity index (χ3n) is 9.15. The van der Waals surface area contributed by atoms with E-state index in [-0.39, 0.29) is 35.6 Å². The van der Waals surface area contributed by atoms with E-state index in [9.17, 15) is 0 Å². The zero-order valence-corrected chi connectivity index (χ0v) is 35.6. The molecule has 0 atom stereocenters. The Morgan fingerprint density at radius 3 is 1.36 bits per heavy atom. The van der Waals surface area contributed by atoms with Gasteiger partial charge in [0, 0.05) is 0 Å². The van der Waals surface area contributed by atoms with E-state index in [0.29, 0.717) is 0 Å². The third-order valence-corrected chi connectivity index (χ3v) is 10.6. The second-order valence-corrected chi connectivity index (χ2v) is 16.5. The molecule has 3 heteroatoms. The average Bonchev–Trinajstić information content (AvgIpc) is 3.78. The zero-order chi connectivity index (χ0) is 34.7. The van der Waals surface area contributed by atoms with Crippen molar-refractivity contribution in [2.24, 2.45) is 0 Å². The first kappa shape index (κ1) is 43.7. The van der Waals surface area contributed by atoms with E-state index in [0.717, 1.165) is 6.42 Å². The molecule has 0 spiro atoms. The van der Waals surface area contributed by atoms with Crippen LogP contribution in [0.4, 0.5) is 0 Å². The molecular weight excluding hydrogens is 727 g/mol. The predicted octanol–water partition coefficient (Wildman–Crippen LogP) is 7.11. The molecule has 6 rings (SSSR count). The summed E-state index contributed by atoms with van der Waals surface area (Å²) in [6, 6.07) is 34.5. The number of benzene rings is 4. The maximum atomic E-state index is 2.99. The van der Waals surface area contributed by atoms with Gasteiger partial charge in [0.05, 0.1) is 0 Å². The van der Waals surface area contributed by atoms with Crippen LogP contribution in [0.3, 0.4) is 0 Å². The number of rotatable bonds is 8. The van der Waals surface area contributed by atoms with Gasteiger partial charge in [-0.25, -0.2) is 12.2 Å². The van der Waals surface area contributed by atoms with E-state index < -0.39 is 0 Å². The fourth-order valence-electron chi connectivity index (χ4n) is 5.88. The Bertz CT molecular complexity index is 1690. The van der Waals surface area contributed by atoms with Crippen molar-refractivity contribution in [3.8, 4) is 0 Å². The maximum Gasteiger partial charge on any atom is -0.109 e. The Hall–Kier alpha value is -2.44. The van der Waals surface area contributed by atoms with Crippen molar-refractivity contribution in [2.45, 2.75) is 111 Å². The van der Waals surface area contributed by atoms with E-state index in [1.54, 1.807) is 0 Å². The zero-order valence-electron chi connectivity index (χ0n) is 31.6. The molecule has 0 amide bonds. The summed E-state index contributed by atoms with van der Waals surface area (Å²) in [6.07, 6.45) is 17.5. The second kappa shape index (κ2) is 20.6. The van der Waals surface area contributed by atoms with Gasteiger partial charge in [-0.2, -0.15) is 6.08 Å². The molecule has 0 saturated heterocycles. The standard InChI is InChI=1S/C21H25.C21H26.C5H5.2ClH.Zr/c1-20(2,3)16-9-7-14-11-15-8-10-17(21(4,5)6)13-19(15)18(14)12-16;1-3-5-7-18-9-13-20(14-10-18)17-21-15-11-19(12-16-21)8-6-4-2;1-2-4-5-3-1;;;/h7-13H,1-6H3;9-16H,3-8H2,1-2H3;1-3H,4H2;2*1H;/q-1;;-1;;;+2/p-2. The molecule has 50 heavy (non-hydrogen) atoms. The Morgan fingerprint density at radius 1 is 0.640 bits per heavy atom. The Kier molecular flexibility index (Phi) is 18.0. The van der Waals surface area contributed by atoms with E-state index in [1.807, 2.05) is 12.2 Å². The van der Waals surface area contributed by atoms with Crippen LogP contribution in [0.5, 0.6) is 0 Å². The molecule has 5 aromatic carbocycles. The number of unbranched alkanes of at least 4 members (excludes halogenated alkanes) is 2. The van der Waals surface area contributed by atoms with Crippen molar-refractivity contribution < 1.29 is 49.0 Å². The molecule has 0 saturated carbocycles. The van der Waals surface area contributed by atoms with Crippen LogP contribution in [-0.2, 0) is 47.9 Å². The Balaban J connectivity index is 0.000000293. The minimum absolute atomic E-state index is 0. The summed E-state index contributed by atoms with van der Waals surface area (Å²) in [5.74, 6) is 0. The molecule has 0 nitrogen and oxygen atoms in total. The fourth-order valence-corrected chi connectivity index (χ4v) is 6.70. The molecule has 5 aromatic rings. The van der Waals surface area contributed by atoms with Gasteiger partial charge in [-0.3, -0.25) is 6.08 Å². The number of hydrogen-bond donors (Lipinski definition) is 0. The van der Waals surface area contributed by atoms with Crippen LogP contribution in [-0.4, -0.2) is 3.21 Å². The largest absolute Gasteiger partial charge is 1.00 e. The summed E-state index contributed by atoms with van der Waals surface area (Å²) in [6.45, 7) is 18.2.